The van der Waals surface area contributed by atoms with Crippen molar-refractivity contribution < 1.29 is 27.9 Å². The van der Waals surface area contributed by atoms with Crippen molar-refractivity contribution in [3.63, 3.8) is 0 Å². The van der Waals surface area contributed by atoms with E-state index < -0.39 is 28.0 Å². The average molecular weight is 316 g/mol. The number of carboxylic acid groups (broad SMARTS) is 1. The maximum Gasteiger partial charge on any atom is 0.352 e. The van der Waals surface area contributed by atoms with Crippen molar-refractivity contribution in [1.82, 2.24) is 9.29 Å². The van der Waals surface area contributed by atoms with Crippen LogP contribution in [0.1, 0.15) is 36.3 Å². The van der Waals surface area contributed by atoms with Crippen LogP contribution in [0.15, 0.2) is 17.2 Å². The summed E-state index contributed by atoms with van der Waals surface area (Å²) in [6.45, 7) is 1.35. The van der Waals surface area contributed by atoms with Crippen molar-refractivity contribution in [2.45, 2.75) is 36.7 Å². The molecule has 2 rings (SSSR count). The van der Waals surface area contributed by atoms with Gasteiger partial charge in [-0.3, -0.25) is 4.79 Å². The summed E-state index contributed by atoms with van der Waals surface area (Å²) in [5.74, 6) is -1.91. The third kappa shape index (κ3) is 3.24. The first-order valence-electron chi connectivity index (χ1n) is 6.31. The van der Waals surface area contributed by atoms with Crippen molar-refractivity contribution in [2.75, 3.05) is 7.11 Å². The highest BCUT2D eigenvalue weighted by molar-refractivity contribution is 7.89. The van der Waals surface area contributed by atoms with Crippen molar-refractivity contribution in [2.24, 2.45) is 0 Å². The fourth-order valence-electron chi connectivity index (χ4n) is 1.95. The van der Waals surface area contributed by atoms with E-state index in [0.29, 0.717) is 0 Å². The monoisotopic (exact) mass is 316 g/mol. The molecule has 0 unspecified atom stereocenters. The molecule has 116 valence electrons. The molecule has 8 nitrogen and oxygen atoms in total. The highest BCUT2D eigenvalue weighted by atomic mass is 32.2. The Morgan fingerprint density at radius 3 is 2.57 bits per heavy atom. The first-order valence-corrected chi connectivity index (χ1v) is 7.80. The third-order valence-corrected chi connectivity index (χ3v) is 4.69. The van der Waals surface area contributed by atoms with Crippen LogP contribution < -0.4 is 4.72 Å². The first kappa shape index (κ1) is 15.5. The number of sulfonamides is 1. The van der Waals surface area contributed by atoms with Crippen LogP contribution in [-0.4, -0.2) is 43.2 Å². The third-order valence-electron chi connectivity index (χ3n) is 3.18. The minimum absolute atomic E-state index is 0.0260. The lowest BCUT2D eigenvalue weighted by Crippen LogP contribution is -2.38. The SMILES string of the molecule is COC(=O)[C@H](C)NS(=O)(=O)c1cc(C(=O)O)n(C2CC2)c1. The van der Waals surface area contributed by atoms with E-state index in [-0.39, 0.29) is 16.6 Å². The molecule has 1 aromatic heterocycles. The van der Waals surface area contributed by atoms with Gasteiger partial charge in [0.25, 0.3) is 0 Å². The van der Waals surface area contributed by atoms with Gasteiger partial charge in [0.1, 0.15) is 16.6 Å². The van der Waals surface area contributed by atoms with Gasteiger partial charge in [-0.25, -0.2) is 13.2 Å². The number of ether oxygens (including phenoxy) is 1. The van der Waals surface area contributed by atoms with Crippen LogP contribution in [0.25, 0.3) is 0 Å². The molecule has 0 spiro atoms. The fraction of sp³-hybridized carbons (Fsp3) is 0.500. The molecule has 1 atom stereocenters. The van der Waals surface area contributed by atoms with E-state index in [1.807, 2.05) is 0 Å². The van der Waals surface area contributed by atoms with E-state index in [1.54, 1.807) is 0 Å². The van der Waals surface area contributed by atoms with Gasteiger partial charge in [-0.1, -0.05) is 0 Å². The van der Waals surface area contributed by atoms with Crippen LogP contribution in [0.2, 0.25) is 0 Å². The number of nitrogens with zero attached hydrogens (tertiary/aromatic N) is 1. The van der Waals surface area contributed by atoms with Gasteiger partial charge in [0.05, 0.1) is 7.11 Å². The molecule has 1 aromatic rings. The summed E-state index contributed by atoms with van der Waals surface area (Å²) in [6.07, 6.45) is 2.92. The van der Waals surface area contributed by atoms with E-state index in [0.717, 1.165) is 26.0 Å². The standard InChI is InChI=1S/C12H16N2O6S/c1-7(12(17)20-2)13-21(18,19)9-5-10(11(15)16)14(6-9)8-3-4-8/h5-8,13H,3-4H2,1-2H3,(H,15,16)/t7-/m0/s1. The molecule has 0 aromatic carbocycles. The number of carbonyl (C=O) groups is 2. The molecule has 0 saturated heterocycles. The predicted molar refractivity (Wildman–Crippen MR) is 71.5 cm³/mol. The average Bonchev–Trinajstić information content (AvgIpc) is 3.14. The van der Waals surface area contributed by atoms with Gasteiger partial charge >= 0.3 is 11.9 Å². The molecular weight excluding hydrogens is 300 g/mol. The van der Waals surface area contributed by atoms with Crippen LogP contribution in [-0.2, 0) is 19.6 Å². The van der Waals surface area contributed by atoms with E-state index in [4.69, 9.17) is 5.11 Å². The van der Waals surface area contributed by atoms with Gasteiger partial charge in [0.2, 0.25) is 10.0 Å². The summed E-state index contributed by atoms with van der Waals surface area (Å²) in [7, 11) is -2.84. The molecule has 1 heterocycles. The largest absolute Gasteiger partial charge is 0.477 e. The summed E-state index contributed by atoms with van der Waals surface area (Å²) >= 11 is 0. The van der Waals surface area contributed by atoms with Crippen molar-refractivity contribution in [3.05, 3.63) is 18.0 Å². The topological polar surface area (TPSA) is 115 Å². The Morgan fingerprint density at radius 2 is 2.10 bits per heavy atom. The van der Waals surface area contributed by atoms with Gasteiger partial charge in [-0.05, 0) is 25.8 Å². The number of carboxylic acids is 1. The molecule has 1 saturated carbocycles. The molecule has 1 fully saturated rings. The molecular formula is C12H16N2O6S. The number of nitrogens with one attached hydrogen (secondary N) is 1. The molecule has 0 aliphatic heterocycles. The molecule has 0 radical (unpaired) electrons. The predicted octanol–water partition coefficient (Wildman–Crippen LogP) is 0.361. The number of carbonyl (C=O) groups excluding carboxylic acids is 1. The quantitative estimate of drug-likeness (QED) is 0.732. The molecule has 0 amide bonds. The van der Waals surface area contributed by atoms with Crippen molar-refractivity contribution >= 4 is 22.0 Å². The van der Waals surface area contributed by atoms with Crippen LogP contribution >= 0.6 is 0 Å². The van der Waals surface area contributed by atoms with E-state index in [1.165, 1.54) is 17.7 Å². The van der Waals surface area contributed by atoms with E-state index in [9.17, 15) is 18.0 Å². The number of rotatable bonds is 6. The molecule has 1 aliphatic rings. The fourth-order valence-corrected chi connectivity index (χ4v) is 3.17. The zero-order chi connectivity index (χ0) is 15.8. The Morgan fingerprint density at radius 1 is 1.48 bits per heavy atom. The highest BCUT2D eigenvalue weighted by Gasteiger charge is 2.31. The van der Waals surface area contributed by atoms with Gasteiger partial charge < -0.3 is 14.4 Å². The summed E-state index contributed by atoms with van der Waals surface area (Å²) in [4.78, 5) is 22.3. The summed E-state index contributed by atoms with van der Waals surface area (Å²) in [6, 6.07) is 0.0584. The summed E-state index contributed by atoms with van der Waals surface area (Å²) in [5.41, 5.74) is -0.0800. The number of aromatic carboxylic acids is 1. The van der Waals surface area contributed by atoms with Crippen molar-refractivity contribution in [1.29, 1.82) is 0 Å². The van der Waals surface area contributed by atoms with E-state index >= 15 is 0 Å². The Balaban J connectivity index is 2.30. The summed E-state index contributed by atoms with van der Waals surface area (Å²) in [5, 5.41) is 9.12. The van der Waals surface area contributed by atoms with Crippen LogP contribution in [0.5, 0.6) is 0 Å². The zero-order valence-electron chi connectivity index (χ0n) is 11.6. The minimum Gasteiger partial charge on any atom is -0.477 e. The molecule has 1 aliphatic carbocycles. The maximum absolute atomic E-state index is 12.2. The Hall–Kier alpha value is -1.87. The summed E-state index contributed by atoms with van der Waals surface area (Å²) < 4.78 is 32.4. The van der Waals surface area contributed by atoms with Crippen LogP contribution in [0.4, 0.5) is 0 Å². The first-order chi connectivity index (χ1) is 9.76. The molecule has 21 heavy (non-hydrogen) atoms. The normalized spacial score (nSPS) is 16.5. The maximum atomic E-state index is 12.2. The Kier molecular flexibility index (Phi) is 4.06. The van der Waals surface area contributed by atoms with Gasteiger partial charge in [-0.15, -0.1) is 0 Å². The number of esters is 1. The lowest BCUT2D eigenvalue weighted by molar-refractivity contribution is -0.142. The second-order valence-electron chi connectivity index (χ2n) is 4.87. The van der Waals surface area contributed by atoms with E-state index in [2.05, 4.69) is 9.46 Å². The van der Waals surface area contributed by atoms with Crippen LogP contribution in [0, 0.1) is 0 Å². The molecule has 2 N–H and O–H groups in total. The number of hydrogen-bond donors (Lipinski definition) is 2. The molecule has 9 heteroatoms. The lowest BCUT2D eigenvalue weighted by atomic mass is 10.4. The second-order valence-corrected chi connectivity index (χ2v) is 6.58. The number of aromatic nitrogens is 1. The van der Waals surface area contributed by atoms with Crippen molar-refractivity contribution in [3.8, 4) is 0 Å². The number of methoxy groups -OCH3 is 1. The number of hydrogen-bond acceptors (Lipinski definition) is 5. The zero-order valence-corrected chi connectivity index (χ0v) is 12.4. The van der Waals surface area contributed by atoms with Crippen LogP contribution in [0.3, 0.4) is 0 Å². The van der Waals surface area contributed by atoms with Gasteiger partial charge in [0, 0.05) is 12.2 Å². The lowest BCUT2D eigenvalue weighted by Gasteiger charge is -2.10. The second kappa shape index (κ2) is 5.49. The smallest absolute Gasteiger partial charge is 0.352 e. The Labute approximate surface area is 121 Å². The molecule has 0 bridgehead atoms. The van der Waals surface area contributed by atoms with Gasteiger partial charge in [0.15, 0.2) is 0 Å². The highest BCUT2D eigenvalue weighted by Crippen LogP contribution is 2.37. The minimum atomic E-state index is -3.99. The Bertz CT molecular complexity index is 674. The van der Waals surface area contributed by atoms with Gasteiger partial charge in [-0.2, -0.15) is 4.72 Å².